The van der Waals surface area contributed by atoms with Crippen LogP contribution in [0.3, 0.4) is 0 Å². The van der Waals surface area contributed by atoms with Gasteiger partial charge in [0.15, 0.2) is 0 Å². The highest BCUT2D eigenvalue weighted by Gasteiger charge is 2.30. The SMILES string of the molecule is CCn1ncnc1CC1(N)CCCOC1. The zero-order chi connectivity index (χ0) is 10.7. The molecule has 2 N–H and O–H groups in total. The lowest BCUT2D eigenvalue weighted by Crippen LogP contribution is -2.49. The van der Waals surface area contributed by atoms with E-state index in [4.69, 9.17) is 10.5 Å². The molecule has 0 bridgehead atoms. The maximum absolute atomic E-state index is 6.27. The first-order chi connectivity index (χ1) is 7.23. The summed E-state index contributed by atoms with van der Waals surface area (Å²) >= 11 is 0. The third-order valence-electron chi connectivity index (χ3n) is 2.86. The summed E-state index contributed by atoms with van der Waals surface area (Å²) in [6.07, 6.45) is 4.38. The molecule has 2 heterocycles. The molecule has 1 fully saturated rings. The van der Waals surface area contributed by atoms with Crippen molar-refractivity contribution < 1.29 is 4.74 Å². The van der Waals surface area contributed by atoms with Crippen LogP contribution in [-0.4, -0.2) is 33.5 Å². The molecule has 5 heteroatoms. The molecule has 1 aromatic rings. The van der Waals surface area contributed by atoms with E-state index in [1.165, 1.54) is 0 Å². The Morgan fingerprint density at radius 2 is 2.53 bits per heavy atom. The topological polar surface area (TPSA) is 66.0 Å². The van der Waals surface area contributed by atoms with Crippen molar-refractivity contribution >= 4 is 0 Å². The number of hydrogen-bond acceptors (Lipinski definition) is 4. The van der Waals surface area contributed by atoms with Crippen LogP contribution in [-0.2, 0) is 17.7 Å². The quantitative estimate of drug-likeness (QED) is 0.781. The predicted octanol–water partition coefficient (Wildman–Crippen LogP) is 0.348. The Morgan fingerprint density at radius 1 is 1.67 bits per heavy atom. The summed E-state index contributed by atoms with van der Waals surface area (Å²) in [4.78, 5) is 4.24. The Balaban J connectivity index is 2.06. The molecule has 15 heavy (non-hydrogen) atoms. The number of ether oxygens (including phenoxy) is 1. The second-order valence-electron chi connectivity index (χ2n) is 4.19. The van der Waals surface area contributed by atoms with Crippen molar-refractivity contribution in [3.05, 3.63) is 12.2 Å². The van der Waals surface area contributed by atoms with Crippen LogP contribution in [0.4, 0.5) is 0 Å². The summed E-state index contributed by atoms with van der Waals surface area (Å²) in [5.74, 6) is 0.963. The summed E-state index contributed by atoms with van der Waals surface area (Å²) in [6, 6.07) is 0. The number of aryl methyl sites for hydroxylation is 1. The van der Waals surface area contributed by atoms with Gasteiger partial charge in [-0.2, -0.15) is 5.10 Å². The summed E-state index contributed by atoms with van der Waals surface area (Å²) in [6.45, 7) is 4.36. The molecule has 2 rings (SSSR count). The lowest BCUT2D eigenvalue weighted by Gasteiger charge is -2.32. The minimum absolute atomic E-state index is 0.252. The van der Waals surface area contributed by atoms with E-state index in [2.05, 4.69) is 17.0 Å². The van der Waals surface area contributed by atoms with Gasteiger partial charge < -0.3 is 10.5 Å². The van der Waals surface area contributed by atoms with Crippen molar-refractivity contribution in [1.29, 1.82) is 0 Å². The van der Waals surface area contributed by atoms with Crippen LogP contribution < -0.4 is 5.73 Å². The maximum atomic E-state index is 6.27. The van der Waals surface area contributed by atoms with Gasteiger partial charge in [-0.1, -0.05) is 0 Å². The largest absolute Gasteiger partial charge is 0.380 e. The highest BCUT2D eigenvalue weighted by atomic mass is 16.5. The first-order valence-electron chi connectivity index (χ1n) is 5.47. The molecule has 1 unspecified atom stereocenters. The van der Waals surface area contributed by atoms with Gasteiger partial charge in [-0.05, 0) is 19.8 Å². The lowest BCUT2D eigenvalue weighted by atomic mass is 9.90. The second kappa shape index (κ2) is 4.28. The molecular formula is C10H18N4O. The van der Waals surface area contributed by atoms with Crippen molar-refractivity contribution in [3.8, 4) is 0 Å². The summed E-state index contributed by atoms with van der Waals surface area (Å²) < 4.78 is 7.32. The summed E-state index contributed by atoms with van der Waals surface area (Å²) in [7, 11) is 0. The second-order valence-corrected chi connectivity index (χ2v) is 4.19. The van der Waals surface area contributed by atoms with Crippen molar-refractivity contribution in [2.75, 3.05) is 13.2 Å². The third-order valence-corrected chi connectivity index (χ3v) is 2.86. The van der Waals surface area contributed by atoms with E-state index >= 15 is 0 Å². The number of nitrogens with two attached hydrogens (primary N) is 1. The molecule has 1 saturated heterocycles. The van der Waals surface area contributed by atoms with Gasteiger partial charge in [0.05, 0.1) is 6.61 Å². The zero-order valence-corrected chi connectivity index (χ0v) is 9.15. The van der Waals surface area contributed by atoms with Crippen molar-refractivity contribution in [3.63, 3.8) is 0 Å². The van der Waals surface area contributed by atoms with Crippen molar-refractivity contribution in [2.24, 2.45) is 5.73 Å². The molecule has 1 aliphatic heterocycles. The molecular weight excluding hydrogens is 192 g/mol. The Hall–Kier alpha value is -0.940. The average molecular weight is 210 g/mol. The molecule has 1 aliphatic rings. The Labute approximate surface area is 89.6 Å². The fourth-order valence-corrected chi connectivity index (χ4v) is 2.02. The van der Waals surface area contributed by atoms with E-state index in [0.717, 1.165) is 38.2 Å². The highest BCUT2D eigenvalue weighted by molar-refractivity contribution is 4.98. The van der Waals surface area contributed by atoms with Gasteiger partial charge in [0, 0.05) is 25.1 Å². The molecule has 0 amide bonds. The van der Waals surface area contributed by atoms with Crippen LogP contribution in [0.5, 0.6) is 0 Å². The van der Waals surface area contributed by atoms with Crippen LogP contribution >= 0.6 is 0 Å². The average Bonchev–Trinajstić information content (AvgIpc) is 2.65. The molecule has 1 atom stereocenters. The minimum atomic E-state index is -0.252. The highest BCUT2D eigenvalue weighted by Crippen LogP contribution is 2.20. The van der Waals surface area contributed by atoms with Gasteiger partial charge in [0.25, 0.3) is 0 Å². The fraction of sp³-hybridized carbons (Fsp3) is 0.800. The summed E-state index contributed by atoms with van der Waals surface area (Å²) in [5, 5.41) is 4.14. The van der Waals surface area contributed by atoms with Crippen molar-refractivity contribution in [1.82, 2.24) is 14.8 Å². The monoisotopic (exact) mass is 210 g/mol. The van der Waals surface area contributed by atoms with E-state index < -0.39 is 0 Å². The molecule has 0 saturated carbocycles. The fourth-order valence-electron chi connectivity index (χ4n) is 2.02. The summed E-state index contributed by atoms with van der Waals surface area (Å²) in [5.41, 5.74) is 6.02. The maximum Gasteiger partial charge on any atom is 0.138 e. The van der Waals surface area contributed by atoms with Crippen LogP contribution in [0.15, 0.2) is 6.33 Å². The lowest BCUT2D eigenvalue weighted by molar-refractivity contribution is 0.0370. The van der Waals surface area contributed by atoms with E-state index in [-0.39, 0.29) is 5.54 Å². The molecule has 0 aliphatic carbocycles. The van der Waals surface area contributed by atoms with Crippen LogP contribution in [0.1, 0.15) is 25.6 Å². The van der Waals surface area contributed by atoms with Gasteiger partial charge in [-0.25, -0.2) is 4.98 Å². The molecule has 5 nitrogen and oxygen atoms in total. The van der Waals surface area contributed by atoms with Crippen LogP contribution in [0, 0.1) is 0 Å². The number of nitrogens with zero attached hydrogens (tertiary/aromatic N) is 3. The van der Waals surface area contributed by atoms with Gasteiger partial charge in [0.2, 0.25) is 0 Å². The number of rotatable bonds is 3. The van der Waals surface area contributed by atoms with Crippen LogP contribution in [0.25, 0.3) is 0 Å². The third kappa shape index (κ3) is 2.35. The Kier molecular flexibility index (Phi) is 3.02. The van der Waals surface area contributed by atoms with Crippen LogP contribution in [0.2, 0.25) is 0 Å². The standard InChI is InChI=1S/C10H18N4O/c1-2-14-9(12-8-13-14)6-10(11)4-3-5-15-7-10/h8H,2-7,11H2,1H3. The molecule has 0 spiro atoms. The Morgan fingerprint density at radius 3 is 3.20 bits per heavy atom. The van der Waals surface area contributed by atoms with Gasteiger partial charge in [-0.3, -0.25) is 4.68 Å². The van der Waals surface area contributed by atoms with Gasteiger partial charge in [0.1, 0.15) is 12.2 Å². The minimum Gasteiger partial charge on any atom is -0.380 e. The van der Waals surface area contributed by atoms with E-state index in [1.54, 1.807) is 6.33 Å². The van der Waals surface area contributed by atoms with E-state index in [9.17, 15) is 0 Å². The Bertz CT molecular complexity index is 317. The molecule has 84 valence electrons. The molecule has 0 aromatic carbocycles. The van der Waals surface area contributed by atoms with Crippen molar-refractivity contribution in [2.45, 2.75) is 38.3 Å². The number of hydrogen-bond donors (Lipinski definition) is 1. The predicted molar refractivity (Wildman–Crippen MR) is 56.4 cm³/mol. The molecule has 0 radical (unpaired) electrons. The normalized spacial score (nSPS) is 26.8. The number of aromatic nitrogens is 3. The smallest absolute Gasteiger partial charge is 0.138 e. The van der Waals surface area contributed by atoms with E-state index in [0.29, 0.717) is 6.61 Å². The first-order valence-corrected chi connectivity index (χ1v) is 5.47. The van der Waals surface area contributed by atoms with E-state index in [1.807, 2.05) is 4.68 Å². The van der Waals surface area contributed by atoms with Gasteiger partial charge in [-0.15, -0.1) is 0 Å². The first kappa shape index (κ1) is 10.6. The zero-order valence-electron chi connectivity index (χ0n) is 9.15. The molecule has 1 aromatic heterocycles. The van der Waals surface area contributed by atoms with Gasteiger partial charge >= 0.3 is 0 Å².